The molecule has 9 heteroatoms. The highest BCUT2D eigenvalue weighted by Crippen LogP contribution is 2.17. The highest BCUT2D eigenvalue weighted by molar-refractivity contribution is 5.91. The van der Waals surface area contributed by atoms with Crippen LogP contribution >= 0.6 is 0 Å². The standard InChI is InChI=1S/C24H21N3O6/c1-16-3-10-22(13-17(16)2)32-15-23(28)26-25-14-18-4-11-21(12-5-18)33-24(29)19-6-8-20(9-7-19)27(30)31/h3-14H,15H2,1-2H3,(H,26,28). The zero-order valence-electron chi connectivity index (χ0n) is 18.0. The van der Waals surface area contributed by atoms with Gasteiger partial charge in [-0.25, -0.2) is 10.2 Å². The highest BCUT2D eigenvalue weighted by atomic mass is 16.6. The number of nitrogens with zero attached hydrogens (tertiary/aromatic N) is 2. The van der Waals surface area contributed by atoms with Crippen LogP contribution in [-0.2, 0) is 4.79 Å². The number of nitro benzene ring substituents is 1. The van der Waals surface area contributed by atoms with Crippen molar-refractivity contribution in [1.82, 2.24) is 5.43 Å². The first kappa shape index (κ1) is 23.1. The number of benzene rings is 3. The average Bonchev–Trinajstić information content (AvgIpc) is 2.81. The van der Waals surface area contributed by atoms with E-state index in [2.05, 4.69) is 10.5 Å². The number of carbonyl (C=O) groups is 2. The summed E-state index contributed by atoms with van der Waals surface area (Å²) in [6.07, 6.45) is 1.44. The quantitative estimate of drug-likeness (QED) is 0.183. The van der Waals surface area contributed by atoms with Crippen molar-refractivity contribution in [3.8, 4) is 11.5 Å². The predicted octanol–water partition coefficient (Wildman–Crippen LogP) is 3.96. The van der Waals surface area contributed by atoms with Gasteiger partial charge in [-0.1, -0.05) is 6.07 Å². The monoisotopic (exact) mass is 447 g/mol. The minimum atomic E-state index is -0.637. The lowest BCUT2D eigenvalue weighted by atomic mass is 10.1. The lowest BCUT2D eigenvalue weighted by Gasteiger charge is -2.07. The summed E-state index contributed by atoms with van der Waals surface area (Å²) in [7, 11) is 0. The van der Waals surface area contributed by atoms with Gasteiger partial charge in [-0.15, -0.1) is 0 Å². The number of aryl methyl sites for hydroxylation is 2. The van der Waals surface area contributed by atoms with Gasteiger partial charge in [0.1, 0.15) is 11.5 Å². The normalized spacial score (nSPS) is 10.6. The molecule has 0 saturated carbocycles. The van der Waals surface area contributed by atoms with Crippen molar-refractivity contribution in [1.29, 1.82) is 0 Å². The Labute approximate surface area is 189 Å². The van der Waals surface area contributed by atoms with Crippen LogP contribution in [0.3, 0.4) is 0 Å². The van der Waals surface area contributed by atoms with Gasteiger partial charge in [0, 0.05) is 12.1 Å². The Bertz CT molecular complexity index is 1190. The SMILES string of the molecule is Cc1ccc(OCC(=O)NN=Cc2ccc(OC(=O)c3ccc([N+](=O)[O-])cc3)cc2)cc1C. The van der Waals surface area contributed by atoms with E-state index in [1.807, 2.05) is 26.0 Å². The Morgan fingerprint density at radius 1 is 0.970 bits per heavy atom. The highest BCUT2D eigenvalue weighted by Gasteiger charge is 2.11. The first-order valence-corrected chi connectivity index (χ1v) is 9.90. The molecule has 33 heavy (non-hydrogen) atoms. The first-order chi connectivity index (χ1) is 15.8. The molecule has 1 N–H and O–H groups in total. The maximum atomic E-state index is 12.1. The van der Waals surface area contributed by atoms with Crippen LogP contribution in [-0.4, -0.2) is 29.6 Å². The second-order valence-corrected chi connectivity index (χ2v) is 7.09. The number of hydrogen-bond donors (Lipinski definition) is 1. The third kappa shape index (κ3) is 6.73. The fraction of sp³-hybridized carbons (Fsp3) is 0.125. The van der Waals surface area contributed by atoms with Gasteiger partial charge in [-0.05, 0) is 79.1 Å². The third-order valence-corrected chi connectivity index (χ3v) is 4.66. The smallest absolute Gasteiger partial charge is 0.343 e. The molecule has 1 amide bonds. The molecule has 0 unspecified atom stereocenters. The summed E-state index contributed by atoms with van der Waals surface area (Å²) < 4.78 is 10.7. The molecule has 0 aliphatic carbocycles. The van der Waals surface area contributed by atoms with Gasteiger partial charge in [-0.2, -0.15) is 5.10 Å². The summed E-state index contributed by atoms with van der Waals surface area (Å²) in [6, 6.07) is 17.1. The summed E-state index contributed by atoms with van der Waals surface area (Å²) in [4.78, 5) is 34.2. The second kappa shape index (κ2) is 10.7. The van der Waals surface area contributed by atoms with Crippen molar-refractivity contribution in [2.45, 2.75) is 13.8 Å². The van der Waals surface area contributed by atoms with E-state index in [1.54, 1.807) is 30.3 Å². The number of nitrogens with one attached hydrogen (secondary N) is 1. The molecular formula is C24H21N3O6. The van der Waals surface area contributed by atoms with Crippen molar-refractivity contribution < 1.29 is 24.0 Å². The van der Waals surface area contributed by atoms with Gasteiger partial charge in [0.05, 0.1) is 16.7 Å². The van der Waals surface area contributed by atoms with Gasteiger partial charge < -0.3 is 9.47 Å². The molecule has 0 aliphatic heterocycles. The summed E-state index contributed by atoms with van der Waals surface area (Å²) >= 11 is 0. The number of carbonyl (C=O) groups excluding carboxylic acids is 2. The van der Waals surface area contributed by atoms with E-state index in [9.17, 15) is 19.7 Å². The maximum Gasteiger partial charge on any atom is 0.343 e. The van der Waals surface area contributed by atoms with Crippen LogP contribution in [0.2, 0.25) is 0 Å². The molecule has 3 aromatic rings. The molecule has 3 rings (SSSR count). The largest absolute Gasteiger partial charge is 0.484 e. The van der Waals surface area contributed by atoms with E-state index >= 15 is 0 Å². The number of ether oxygens (including phenoxy) is 2. The van der Waals surface area contributed by atoms with Crippen LogP contribution in [0.5, 0.6) is 11.5 Å². The second-order valence-electron chi connectivity index (χ2n) is 7.09. The van der Waals surface area contributed by atoms with E-state index in [0.29, 0.717) is 17.1 Å². The predicted molar refractivity (Wildman–Crippen MR) is 122 cm³/mol. The summed E-state index contributed by atoms with van der Waals surface area (Å²) in [5.74, 6) is -0.141. The van der Waals surface area contributed by atoms with E-state index in [1.165, 1.54) is 30.5 Å². The lowest BCUT2D eigenvalue weighted by molar-refractivity contribution is -0.384. The van der Waals surface area contributed by atoms with E-state index in [4.69, 9.17) is 9.47 Å². The lowest BCUT2D eigenvalue weighted by Crippen LogP contribution is -2.24. The number of esters is 1. The topological polar surface area (TPSA) is 120 Å². The molecule has 0 radical (unpaired) electrons. The van der Waals surface area contributed by atoms with Crippen LogP contribution in [0.4, 0.5) is 5.69 Å². The minimum absolute atomic E-state index is 0.112. The molecule has 0 heterocycles. The molecule has 0 saturated heterocycles. The van der Waals surface area contributed by atoms with Crippen LogP contribution in [0.15, 0.2) is 71.8 Å². The number of rotatable bonds is 8. The van der Waals surface area contributed by atoms with Gasteiger partial charge in [0.25, 0.3) is 11.6 Å². The first-order valence-electron chi connectivity index (χ1n) is 9.90. The molecule has 3 aromatic carbocycles. The number of non-ortho nitro benzene ring substituents is 1. The van der Waals surface area contributed by atoms with Crippen molar-refractivity contribution in [2.75, 3.05) is 6.61 Å². The maximum absolute atomic E-state index is 12.1. The van der Waals surface area contributed by atoms with Gasteiger partial charge in [0.15, 0.2) is 6.61 Å². The molecule has 0 spiro atoms. The Morgan fingerprint density at radius 2 is 1.64 bits per heavy atom. The molecule has 0 atom stereocenters. The molecule has 9 nitrogen and oxygen atoms in total. The summed E-state index contributed by atoms with van der Waals surface area (Å²) in [5.41, 5.74) is 5.35. The van der Waals surface area contributed by atoms with Crippen LogP contribution in [0.25, 0.3) is 0 Å². The zero-order valence-corrected chi connectivity index (χ0v) is 18.0. The molecule has 0 aliphatic rings. The van der Waals surface area contributed by atoms with E-state index in [-0.39, 0.29) is 17.9 Å². The van der Waals surface area contributed by atoms with Crippen LogP contribution < -0.4 is 14.9 Å². The molecule has 0 bridgehead atoms. The Hall–Kier alpha value is -4.53. The fourth-order valence-electron chi connectivity index (χ4n) is 2.67. The molecule has 168 valence electrons. The van der Waals surface area contributed by atoms with Crippen LogP contribution in [0, 0.1) is 24.0 Å². The van der Waals surface area contributed by atoms with Gasteiger partial charge in [-0.3, -0.25) is 14.9 Å². The Kier molecular flexibility index (Phi) is 7.48. The third-order valence-electron chi connectivity index (χ3n) is 4.66. The van der Waals surface area contributed by atoms with Crippen LogP contribution in [0.1, 0.15) is 27.0 Å². The van der Waals surface area contributed by atoms with Crippen molar-refractivity contribution in [3.05, 3.63) is 99.1 Å². The molecular weight excluding hydrogens is 426 g/mol. The summed E-state index contributed by atoms with van der Waals surface area (Å²) in [5, 5.41) is 14.6. The Morgan fingerprint density at radius 3 is 2.27 bits per heavy atom. The number of amides is 1. The number of nitro groups is 1. The van der Waals surface area contributed by atoms with Crippen molar-refractivity contribution in [2.24, 2.45) is 5.10 Å². The van der Waals surface area contributed by atoms with Gasteiger partial charge >= 0.3 is 5.97 Å². The Balaban J connectivity index is 1.47. The summed E-state index contributed by atoms with van der Waals surface area (Å²) in [6.45, 7) is 3.79. The van der Waals surface area contributed by atoms with Gasteiger partial charge in [0.2, 0.25) is 0 Å². The number of hydrogen-bond acceptors (Lipinski definition) is 7. The molecule has 0 fully saturated rings. The van der Waals surface area contributed by atoms with E-state index < -0.39 is 16.8 Å². The van der Waals surface area contributed by atoms with Crippen molar-refractivity contribution in [3.63, 3.8) is 0 Å². The zero-order chi connectivity index (χ0) is 23.8. The fourth-order valence-corrected chi connectivity index (χ4v) is 2.67. The van der Waals surface area contributed by atoms with E-state index in [0.717, 1.165) is 11.1 Å². The van der Waals surface area contributed by atoms with Crippen molar-refractivity contribution >= 4 is 23.8 Å². The average molecular weight is 447 g/mol. The molecule has 0 aromatic heterocycles. The minimum Gasteiger partial charge on any atom is -0.484 e. The number of hydrazone groups is 1.